The average Bonchev–Trinajstić information content (AvgIpc) is 2.63. The summed E-state index contributed by atoms with van der Waals surface area (Å²) in [5, 5.41) is 11.9. The van der Waals surface area contributed by atoms with E-state index in [0.717, 1.165) is 24.3 Å². The van der Waals surface area contributed by atoms with Crippen LogP contribution >= 0.6 is 11.3 Å². The Morgan fingerprint density at radius 1 is 1.41 bits per heavy atom. The molecule has 0 radical (unpaired) electrons. The molecule has 0 aliphatic carbocycles. The molecule has 0 aromatic carbocycles. The fourth-order valence-electron chi connectivity index (χ4n) is 1.45. The molecular formula is C11H20N4OS. The number of hydrogen-bond donors (Lipinski definition) is 2. The van der Waals surface area contributed by atoms with Gasteiger partial charge in [-0.15, -0.1) is 10.2 Å². The van der Waals surface area contributed by atoms with Crippen LogP contribution in [0.15, 0.2) is 0 Å². The highest BCUT2D eigenvalue weighted by atomic mass is 32.1. The summed E-state index contributed by atoms with van der Waals surface area (Å²) in [6, 6.07) is 0.205. The van der Waals surface area contributed by atoms with Crippen LogP contribution in [-0.4, -0.2) is 22.1 Å². The minimum absolute atomic E-state index is 0.00539. The minimum atomic E-state index is -0.0158. The quantitative estimate of drug-likeness (QED) is 0.815. The molecule has 0 fully saturated rings. The van der Waals surface area contributed by atoms with E-state index >= 15 is 0 Å². The molecule has 17 heavy (non-hydrogen) atoms. The molecule has 1 rings (SSSR count). The van der Waals surface area contributed by atoms with Crippen LogP contribution in [0.1, 0.15) is 38.1 Å². The molecule has 0 saturated carbocycles. The third-order valence-electron chi connectivity index (χ3n) is 2.50. The van der Waals surface area contributed by atoms with Crippen molar-refractivity contribution in [2.24, 2.45) is 11.7 Å². The van der Waals surface area contributed by atoms with Crippen LogP contribution in [0.25, 0.3) is 0 Å². The molecule has 0 saturated heterocycles. The zero-order chi connectivity index (χ0) is 12.8. The smallest absolute Gasteiger partial charge is 0.229 e. The number of rotatable bonds is 6. The third-order valence-corrected chi connectivity index (χ3v) is 3.25. The number of amides is 1. The van der Waals surface area contributed by atoms with Crippen molar-refractivity contribution in [2.75, 3.05) is 5.32 Å². The summed E-state index contributed by atoms with van der Waals surface area (Å²) in [5.74, 6) is -0.0104. The zero-order valence-electron chi connectivity index (χ0n) is 10.6. The van der Waals surface area contributed by atoms with Gasteiger partial charge in [-0.3, -0.25) is 4.79 Å². The Kier molecular flexibility index (Phi) is 5.50. The number of nitrogens with two attached hydrogens (primary N) is 1. The normalized spacial score (nSPS) is 14.4. The van der Waals surface area contributed by atoms with Crippen molar-refractivity contribution in [1.82, 2.24) is 10.2 Å². The SMILES string of the molecule is Cc1nnc(NC(=O)C(C)CCCC(C)N)s1. The summed E-state index contributed by atoms with van der Waals surface area (Å²) in [6.07, 6.45) is 2.78. The molecule has 2 unspecified atom stereocenters. The number of nitrogens with one attached hydrogen (secondary N) is 1. The first kappa shape index (κ1) is 14.1. The number of anilines is 1. The van der Waals surface area contributed by atoms with E-state index in [-0.39, 0.29) is 17.9 Å². The van der Waals surface area contributed by atoms with Crippen molar-refractivity contribution in [2.45, 2.75) is 46.1 Å². The molecule has 96 valence electrons. The predicted octanol–water partition coefficient (Wildman–Crippen LogP) is 1.94. The molecule has 5 nitrogen and oxygen atoms in total. The molecule has 0 bridgehead atoms. The fraction of sp³-hybridized carbons (Fsp3) is 0.727. The summed E-state index contributed by atoms with van der Waals surface area (Å²) in [4.78, 5) is 11.8. The Labute approximate surface area is 106 Å². The van der Waals surface area contributed by atoms with E-state index in [1.807, 2.05) is 20.8 Å². The first-order chi connectivity index (χ1) is 7.99. The standard InChI is InChI=1S/C11H20N4OS/c1-7(5-4-6-8(2)12)10(16)13-11-15-14-9(3)17-11/h7-8H,4-6,12H2,1-3H3,(H,13,15,16). The molecule has 0 spiro atoms. The number of carbonyl (C=O) groups is 1. The van der Waals surface area contributed by atoms with E-state index in [9.17, 15) is 4.79 Å². The molecule has 2 atom stereocenters. The monoisotopic (exact) mass is 256 g/mol. The highest BCUT2D eigenvalue weighted by molar-refractivity contribution is 7.15. The van der Waals surface area contributed by atoms with Gasteiger partial charge in [0.25, 0.3) is 0 Å². The molecule has 3 N–H and O–H groups in total. The maximum absolute atomic E-state index is 11.8. The second kappa shape index (κ2) is 6.66. The first-order valence-electron chi connectivity index (χ1n) is 5.85. The number of carbonyl (C=O) groups excluding carboxylic acids is 1. The van der Waals surface area contributed by atoms with E-state index in [1.165, 1.54) is 11.3 Å². The van der Waals surface area contributed by atoms with Gasteiger partial charge in [-0.2, -0.15) is 0 Å². The molecule has 0 aliphatic heterocycles. The minimum Gasteiger partial charge on any atom is -0.328 e. The number of hydrogen-bond acceptors (Lipinski definition) is 5. The second-order valence-electron chi connectivity index (χ2n) is 4.42. The van der Waals surface area contributed by atoms with Gasteiger partial charge in [-0.1, -0.05) is 24.7 Å². The Hall–Kier alpha value is -1.01. The van der Waals surface area contributed by atoms with Crippen LogP contribution in [0.3, 0.4) is 0 Å². The molecule has 1 amide bonds. The van der Waals surface area contributed by atoms with Gasteiger partial charge in [0, 0.05) is 12.0 Å². The Balaban J connectivity index is 2.32. The predicted molar refractivity (Wildman–Crippen MR) is 69.9 cm³/mol. The summed E-state index contributed by atoms with van der Waals surface area (Å²) in [5.41, 5.74) is 5.66. The van der Waals surface area contributed by atoms with Gasteiger partial charge < -0.3 is 11.1 Å². The summed E-state index contributed by atoms with van der Waals surface area (Å²) >= 11 is 1.39. The van der Waals surface area contributed by atoms with E-state index in [4.69, 9.17) is 5.73 Å². The Bertz CT molecular complexity index is 364. The maximum atomic E-state index is 11.8. The van der Waals surface area contributed by atoms with Crippen LogP contribution < -0.4 is 11.1 Å². The van der Waals surface area contributed by atoms with Crippen molar-refractivity contribution in [1.29, 1.82) is 0 Å². The lowest BCUT2D eigenvalue weighted by atomic mass is 10.0. The van der Waals surface area contributed by atoms with Crippen LogP contribution in [0.4, 0.5) is 5.13 Å². The van der Waals surface area contributed by atoms with E-state index in [2.05, 4.69) is 15.5 Å². The molecular weight excluding hydrogens is 236 g/mol. The number of aryl methyl sites for hydroxylation is 1. The van der Waals surface area contributed by atoms with Crippen molar-refractivity contribution < 1.29 is 4.79 Å². The van der Waals surface area contributed by atoms with Crippen molar-refractivity contribution in [3.63, 3.8) is 0 Å². The van der Waals surface area contributed by atoms with Crippen LogP contribution in [0.5, 0.6) is 0 Å². The van der Waals surface area contributed by atoms with Gasteiger partial charge in [0.2, 0.25) is 11.0 Å². The zero-order valence-corrected chi connectivity index (χ0v) is 11.4. The van der Waals surface area contributed by atoms with Crippen molar-refractivity contribution in [3.8, 4) is 0 Å². The topological polar surface area (TPSA) is 80.9 Å². The van der Waals surface area contributed by atoms with Crippen LogP contribution in [0.2, 0.25) is 0 Å². The summed E-state index contributed by atoms with van der Waals surface area (Å²) in [6.45, 7) is 5.76. The average molecular weight is 256 g/mol. The highest BCUT2D eigenvalue weighted by Gasteiger charge is 2.14. The maximum Gasteiger partial charge on any atom is 0.229 e. The first-order valence-corrected chi connectivity index (χ1v) is 6.67. The lowest BCUT2D eigenvalue weighted by Crippen LogP contribution is -2.21. The largest absolute Gasteiger partial charge is 0.328 e. The van der Waals surface area contributed by atoms with Gasteiger partial charge in [-0.25, -0.2) is 0 Å². The van der Waals surface area contributed by atoms with E-state index in [0.29, 0.717) is 5.13 Å². The lowest BCUT2D eigenvalue weighted by molar-refractivity contribution is -0.119. The lowest BCUT2D eigenvalue weighted by Gasteiger charge is -2.11. The van der Waals surface area contributed by atoms with E-state index in [1.54, 1.807) is 0 Å². The molecule has 1 aromatic rings. The molecule has 1 heterocycles. The van der Waals surface area contributed by atoms with Gasteiger partial charge in [0.15, 0.2) is 0 Å². The molecule has 6 heteroatoms. The molecule has 0 aliphatic rings. The number of aromatic nitrogens is 2. The number of nitrogens with zero attached hydrogens (tertiary/aromatic N) is 2. The summed E-state index contributed by atoms with van der Waals surface area (Å²) in [7, 11) is 0. The fourth-order valence-corrected chi connectivity index (χ4v) is 2.05. The van der Waals surface area contributed by atoms with Crippen LogP contribution in [-0.2, 0) is 4.79 Å². The van der Waals surface area contributed by atoms with Gasteiger partial charge in [0.1, 0.15) is 5.01 Å². The molecule has 1 aromatic heterocycles. The van der Waals surface area contributed by atoms with Gasteiger partial charge in [0.05, 0.1) is 0 Å². The van der Waals surface area contributed by atoms with Crippen molar-refractivity contribution in [3.05, 3.63) is 5.01 Å². The van der Waals surface area contributed by atoms with Gasteiger partial charge in [-0.05, 0) is 26.7 Å². The van der Waals surface area contributed by atoms with Crippen molar-refractivity contribution >= 4 is 22.4 Å². The summed E-state index contributed by atoms with van der Waals surface area (Å²) < 4.78 is 0. The van der Waals surface area contributed by atoms with Crippen LogP contribution in [0, 0.1) is 12.8 Å². The van der Waals surface area contributed by atoms with Gasteiger partial charge >= 0.3 is 0 Å². The second-order valence-corrected chi connectivity index (χ2v) is 5.61. The third kappa shape index (κ3) is 5.23. The Morgan fingerprint density at radius 2 is 2.12 bits per heavy atom. The highest BCUT2D eigenvalue weighted by Crippen LogP contribution is 2.16. The van der Waals surface area contributed by atoms with E-state index < -0.39 is 0 Å². The Morgan fingerprint density at radius 3 is 2.65 bits per heavy atom.